The van der Waals surface area contributed by atoms with Crippen molar-refractivity contribution >= 4 is 18.0 Å². The Balaban J connectivity index is 2.12. The van der Waals surface area contributed by atoms with E-state index in [9.17, 15) is 9.59 Å². The van der Waals surface area contributed by atoms with Crippen molar-refractivity contribution in [2.45, 2.75) is 25.8 Å². The molecule has 0 unspecified atom stereocenters. The molecule has 0 radical (unpaired) electrons. The lowest BCUT2D eigenvalue weighted by Crippen LogP contribution is -2.45. The molecule has 142 valence electrons. The second kappa shape index (κ2) is 9.82. The van der Waals surface area contributed by atoms with E-state index in [0.29, 0.717) is 44.2 Å². The van der Waals surface area contributed by atoms with Gasteiger partial charge in [-0.15, -0.1) is 0 Å². The molecule has 1 aliphatic heterocycles. The number of aliphatic carboxylic acids is 1. The first kappa shape index (κ1) is 19.8. The molecule has 0 bridgehead atoms. The molecular weight excluding hydrogens is 338 g/mol. The molecule has 7 nitrogen and oxygen atoms in total. The zero-order chi connectivity index (χ0) is 18.9. The third kappa shape index (κ3) is 5.49. The van der Waals surface area contributed by atoms with Gasteiger partial charge in [-0.2, -0.15) is 0 Å². The van der Waals surface area contributed by atoms with Crippen LogP contribution in [0.1, 0.15) is 25.3 Å². The number of carbonyl (C=O) groups is 2. The van der Waals surface area contributed by atoms with Gasteiger partial charge in [-0.1, -0.05) is 6.07 Å². The quantitative estimate of drug-likeness (QED) is 0.713. The van der Waals surface area contributed by atoms with Crippen LogP contribution in [0.25, 0.3) is 6.08 Å². The number of ether oxygens (including phenoxy) is 3. The topological polar surface area (TPSA) is 85.3 Å². The van der Waals surface area contributed by atoms with E-state index < -0.39 is 5.97 Å². The molecule has 1 heterocycles. The Morgan fingerprint density at radius 1 is 1.31 bits per heavy atom. The van der Waals surface area contributed by atoms with Crippen molar-refractivity contribution < 1.29 is 28.9 Å². The molecule has 0 saturated carbocycles. The van der Waals surface area contributed by atoms with E-state index >= 15 is 0 Å². The van der Waals surface area contributed by atoms with Gasteiger partial charge in [-0.05, 0) is 43.5 Å². The maximum absolute atomic E-state index is 12.6. The minimum Gasteiger partial charge on any atom is -0.493 e. The summed E-state index contributed by atoms with van der Waals surface area (Å²) in [6.45, 7) is 3.17. The minimum atomic E-state index is -1.03. The van der Waals surface area contributed by atoms with E-state index in [-0.39, 0.29) is 18.5 Å². The fourth-order valence-corrected chi connectivity index (χ4v) is 2.86. The number of benzene rings is 1. The summed E-state index contributed by atoms with van der Waals surface area (Å²) in [6, 6.07) is 5.24. The molecule has 1 aliphatic rings. The van der Waals surface area contributed by atoms with Gasteiger partial charge in [-0.25, -0.2) is 0 Å². The van der Waals surface area contributed by atoms with Crippen LogP contribution in [0.15, 0.2) is 24.3 Å². The first-order valence-corrected chi connectivity index (χ1v) is 8.64. The highest BCUT2D eigenvalue weighted by molar-refractivity contribution is 5.93. The summed E-state index contributed by atoms with van der Waals surface area (Å²) in [5, 5.41) is 9.12. The average molecular weight is 363 g/mol. The number of carboxylic acid groups (broad SMARTS) is 1. The lowest BCUT2D eigenvalue weighted by Gasteiger charge is -2.32. The number of rotatable bonds is 8. The molecule has 0 atom stereocenters. The van der Waals surface area contributed by atoms with Gasteiger partial charge >= 0.3 is 5.97 Å². The molecule has 0 spiro atoms. The van der Waals surface area contributed by atoms with Crippen LogP contribution in [0.5, 0.6) is 11.5 Å². The van der Waals surface area contributed by atoms with Crippen LogP contribution in [0.4, 0.5) is 0 Å². The summed E-state index contributed by atoms with van der Waals surface area (Å²) >= 11 is 0. The number of hydrogen-bond donors (Lipinski definition) is 1. The lowest BCUT2D eigenvalue weighted by atomic mass is 10.1. The van der Waals surface area contributed by atoms with Crippen LogP contribution in [-0.4, -0.2) is 61.4 Å². The maximum atomic E-state index is 12.6. The molecule has 1 amide bonds. The Morgan fingerprint density at radius 3 is 2.65 bits per heavy atom. The largest absolute Gasteiger partial charge is 0.493 e. The molecule has 1 fully saturated rings. The second-order valence-electron chi connectivity index (χ2n) is 5.88. The van der Waals surface area contributed by atoms with E-state index in [1.54, 1.807) is 25.3 Å². The molecule has 0 aromatic heterocycles. The maximum Gasteiger partial charge on any atom is 0.323 e. The predicted molar refractivity (Wildman–Crippen MR) is 96.4 cm³/mol. The Bertz CT molecular complexity index is 651. The fourth-order valence-electron chi connectivity index (χ4n) is 2.86. The number of hydrogen-bond acceptors (Lipinski definition) is 5. The average Bonchev–Trinajstić information content (AvgIpc) is 2.65. The number of nitrogens with zero attached hydrogens (tertiary/aromatic N) is 1. The molecule has 2 rings (SSSR count). The minimum absolute atomic E-state index is 0.119. The van der Waals surface area contributed by atoms with Crippen molar-refractivity contribution in [1.29, 1.82) is 0 Å². The third-order valence-electron chi connectivity index (χ3n) is 4.13. The highest BCUT2D eigenvalue weighted by Crippen LogP contribution is 2.28. The Hall–Kier alpha value is -2.54. The van der Waals surface area contributed by atoms with Crippen LogP contribution in [0.2, 0.25) is 0 Å². The molecule has 0 aliphatic carbocycles. The van der Waals surface area contributed by atoms with Gasteiger partial charge in [0.15, 0.2) is 11.5 Å². The van der Waals surface area contributed by atoms with Crippen LogP contribution in [0, 0.1) is 0 Å². The van der Waals surface area contributed by atoms with E-state index in [2.05, 4.69) is 0 Å². The number of amides is 1. The van der Waals surface area contributed by atoms with Gasteiger partial charge in [0.1, 0.15) is 6.54 Å². The van der Waals surface area contributed by atoms with Crippen LogP contribution >= 0.6 is 0 Å². The van der Waals surface area contributed by atoms with Gasteiger partial charge in [0.25, 0.3) is 0 Å². The van der Waals surface area contributed by atoms with Gasteiger partial charge in [0, 0.05) is 25.3 Å². The highest BCUT2D eigenvalue weighted by atomic mass is 16.5. The lowest BCUT2D eigenvalue weighted by molar-refractivity contribution is -0.145. The van der Waals surface area contributed by atoms with E-state index in [1.165, 1.54) is 11.0 Å². The van der Waals surface area contributed by atoms with Crippen molar-refractivity contribution in [2.75, 3.05) is 33.5 Å². The normalized spacial score (nSPS) is 15.0. The molecule has 7 heteroatoms. The number of carbonyl (C=O) groups excluding carboxylic acids is 1. The second-order valence-corrected chi connectivity index (χ2v) is 5.88. The Morgan fingerprint density at radius 2 is 2.04 bits per heavy atom. The molecule has 1 aromatic carbocycles. The summed E-state index contributed by atoms with van der Waals surface area (Å²) in [5.74, 6) is -0.144. The standard InChI is InChI=1S/C19H25NO6/c1-3-26-16-6-4-14(12-17(16)24-2)5-7-18(21)20(13-19(22)23)15-8-10-25-11-9-15/h4-7,12,15H,3,8-11,13H2,1-2H3,(H,22,23)/b7-5-. The summed E-state index contributed by atoms with van der Waals surface area (Å²) < 4.78 is 16.1. The van der Waals surface area contributed by atoms with Crippen molar-refractivity contribution in [3.8, 4) is 11.5 Å². The fraction of sp³-hybridized carbons (Fsp3) is 0.474. The Labute approximate surface area is 153 Å². The zero-order valence-electron chi connectivity index (χ0n) is 15.1. The first-order valence-electron chi connectivity index (χ1n) is 8.64. The molecule has 1 N–H and O–H groups in total. The van der Waals surface area contributed by atoms with Crippen LogP contribution in [0.3, 0.4) is 0 Å². The summed E-state index contributed by atoms with van der Waals surface area (Å²) in [4.78, 5) is 25.1. The molecular formula is C19H25NO6. The molecule has 1 saturated heterocycles. The number of carboxylic acids is 1. The van der Waals surface area contributed by atoms with E-state index in [4.69, 9.17) is 19.3 Å². The summed E-state index contributed by atoms with van der Waals surface area (Å²) in [6.07, 6.45) is 4.33. The van der Waals surface area contributed by atoms with E-state index in [1.807, 2.05) is 13.0 Å². The van der Waals surface area contributed by atoms with Gasteiger partial charge in [-0.3, -0.25) is 9.59 Å². The zero-order valence-corrected chi connectivity index (χ0v) is 15.1. The van der Waals surface area contributed by atoms with Crippen LogP contribution in [-0.2, 0) is 14.3 Å². The van der Waals surface area contributed by atoms with Crippen molar-refractivity contribution in [1.82, 2.24) is 4.90 Å². The van der Waals surface area contributed by atoms with Crippen LogP contribution < -0.4 is 9.47 Å². The highest BCUT2D eigenvalue weighted by Gasteiger charge is 2.26. The summed E-state index contributed by atoms with van der Waals surface area (Å²) in [7, 11) is 1.55. The number of methoxy groups -OCH3 is 1. The van der Waals surface area contributed by atoms with Gasteiger partial charge in [0.2, 0.25) is 5.91 Å². The van der Waals surface area contributed by atoms with Gasteiger partial charge < -0.3 is 24.2 Å². The van der Waals surface area contributed by atoms with Gasteiger partial charge in [0.05, 0.1) is 13.7 Å². The third-order valence-corrected chi connectivity index (χ3v) is 4.13. The van der Waals surface area contributed by atoms with Crippen molar-refractivity contribution in [3.05, 3.63) is 29.8 Å². The SMILES string of the molecule is CCOc1ccc(/C=C\C(=O)N(CC(=O)O)C2CCOCC2)cc1OC. The predicted octanol–water partition coefficient (Wildman–Crippen LogP) is 2.20. The monoisotopic (exact) mass is 363 g/mol. The first-order chi connectivity index (χ1) is 12.5. The Kier molecular flexibility index (Phi) is 7.47. The molecule has 26 heavy (non-hydrogen) atoms. The summed E-state index contributed by atoms with van der Waals surface area (Å²) in [5.41, 5.74) is 0.765. The smallest absolute Gasteiger partial charge is 0.323 e. The van der Waals surface area contributed by atoms with Crippen molar-refractivity contribution in [3.63, 3.8) is 0 Å². The van der Waals surface area contributed by atoms with Crippen molar-refractivity contribution in [2.24, 2.45) is 0 Å². The molecule has 1 aromatic rings. The van der Waals surface area contributed by atoms with E-state index in [0.717, 1.165) is 5.56 Å².